The minimum absolute atomic E-state index is 0.0318. The number of rotatable bonds is 4. The van der Waals surface area contributed by atoms with Gasteiger partial charge in [0.25, 0.3) is 0 Å². The monoisotopic (exact) mass is 358 g/mol. The molecule has 2 aromatic rings. The molecule has 0 radical (unpaired) electrons. The van der Waals surface area contributed by atoms with Crippen molar-refractivity contribution in [2.24, 2.45) is 0 Å². The number of nitrogens with zero attached hydrogens (tertiary/aromatic N) is 4. The third-order valence-electron chi connectivity index (χ3n) is 5.08. The molecule has 0 spiro atoms. The number of piperidine rings is 1. The Labute approximate surface area is 151 Å². The SMILES string of the molecule is COc1ccc(CC(=O)N2CC[C@H]3OCc4cnnn4[C@H]3C2)cc1OC. The first-order chi connectivity index (χ1) is 12.7. The molecule has 1 saturated heterocycles. The van der Waals surface area contributed by atoms with Gasteiger partial charge >= 0.3 is 0 Å². The van der Waals surface area contributed by atoms with Crippen LogP contribution >= 0.6 is 0 Å². The molecule has 3 heterocycles. The summed E-state index contributed by atoms with van der Waals surface area (Å²) < 4.78 is 18.4. The number of methoxy groups -OCH3 is 2. The van der Waals surface area contributed by atoms with Gasteiger partial charge in [-0.25, -0.2) is 4.68 Å². The number of hydrogen-bond donors (Lipinski definition) is 0. The van der Waals surface area contributed by atoms with Crippen LogP contribution in [0.15, 0.2) is 24.4 Å². The van der Waals surface area contributed by atoms with E-state index in [0.29, 0.717) is 37.6 Å². The predicted molar refractivity (Wildman–Crippen MR) is 92.1 cm³/mol. The lowest BCUT2D eigenvalue weighted by atomic mass is 9.99. The van der Waals surface area contributed by atoms with Crippen LogP contribution in [0.25, 0.3) is 0 Å². The Balaban J connectivity index is 1.46. The fourth-order valence-electron chi connectivity index (χ4n) is 3.68. The van der Waals surface area contributed by atoms with E-state index >= 15 is 0 Å². The molecule has 2 atom stereocenters. The van der Waals surface area contributed by atoms with Crippen molar-refractivity contribution in [3.8, 4) is 11.5 Å². The molecule has 2 aliphatic rings. The molecule has 0 aliphatic carbocycles. The van der Waals surface area contributed by atoms with Gasteiger partial charge in [-0.05, 0) is 24.1 Å². The third kappa shape index (κ3) is 3.01. The van der Waals surface area contributed by atoms with Crippen molar-refractivity contribution in [1.82, 2.24) is 19.9 Å². The number of hydrogen-bond acceptors (Lipinski definition) is 6. The van der Waals surface area contributed by atoms with Gasteiger partial charge in [-0.3, -0.25) is 4.79 Å². The summed E-state index contributed by atoms with van der Waals surface area (Å²) in [7, 11) is 3.19. The Hall–Kier alpha value is -2.61. The van der Waals surface area contributed by atoms with Gasteiger partial charge in [-0.2, -0.15) is 0 Å². The van der Waals surface area contributed by atoms with Crippen LogP contribution in [0.1, 0.15) is 23.7 Å². The number of ether oxygens (including phenoxy) is 3. The topological polar surface area (TPSA) is 78.7 Å². The lowest BCUT2D eigenvalue weighted by molar-refractivity contribution is -0.137. The zero-order valence-corrected chi connectivity index (χ0v) is 14.9. The van der Waals surface area contributed by atoms with E-state index in [1.54, 1.807) is 20.4 Å². The predicted octanol–water partition coefficient (Wildman–Crippen LogP) is 1.21. The second-order valence-electron chi connectivity index (χ2n) is 6.58. The number of aromatic nitrogens is 3. The molecule has 1 aromatic carbocycles. The molecule has 138 valence electrons. The van der Waals surface area contributed by atoms with E-state index in [1.165, 1.54) is 0 Å². The van der Waals surface area contributed by atoms with Crippen molar-refractivity contribution < 1.29 is 19.0 Å². The summed E-state index contributed by atoms with van der Waals surface area (Å²) in [6.45, 7) is 1.82. The molecule has 0 N–H and O–H groups in total. The van der Waals surface area contributed by atoms with Gasteiger partial charge in [0, 0.05) is 13.1 Å². The van der Waals surface area contributed by atoms with E-state index < -0.39 is 0 Å². The van der Waals surface area contributed by atoms with Crippen molar-refractivity contribution in [2.75, 3.05) is 27.3 Å². The lowest BCUT2D eigenvalue weighted by Gasteiger charge is -2.41. The third-order valence-corrected chi connectivity index (χ3v) is 5.08. The maximum absolute atomic E-state index is 12.8. The molecule has 8 nitrogen and oxygen atoms in total. The van der Waals surface area contributed by atoms with Crippen LogP contribution in [0.5, 0.6) is 11.5 Å². The van der Waals surface area contributed by atoms with Gasteiger partial charge in [-0.1, -0.05) is 11.3 Å². The minimum Gasteiger partial charge on any atom is -0.493 e. The van der Waals surface area contributed by atoms with Gasteiger partial charge < -0.3 is 19.1 Å². The summed E-state index contributed by atoms with van der Waals surface area (Å²) in [5, 5.41) is 8.15. The van der Waals surface area contributed by atoms with Gasteiger partial charge in [0.1, 0.15) is 0 Å². The van der Waals surface area contributed by atoms with Gasteiger partial charge in [0.2, 0.25) is 5.91 Å². The summed E-state index contributed by atoms with van der Waals surface area (Å²) in [5.74, 6) is 1.37. The summed E-state index contributed by atoms with van der Waals surface area (Å²) in [4.78, 5) is 14.7. The number of benzene rings is 1. The molecule has 26 heavy (non-hydrogen) atoms. The van der Waals surface area contributed by atoms with Crippen LogP contribution in [0.4, 0.5) is 0 Å². The summed E-state index contributed by atoms with van der Waals surface area (Å²) in [5.41, 5.74) is 1.86. The molecule has 0 unspecified atom stereocenters. The van der Waals surface area contributed by atoms with Crippen LogP contribution in [0.3, 0.4) is 0 Å². The molecule has 8 heteroatoms. The highest BCUT2D eigenvalue weighted by Gasteiger charge is 2.37. The van der Waals surface area contributed by atoms with Crippen LogP contribution in [-0.2, 0) is 22.6 Å². The fourth-order valence-corrected chi connectivity index (χ4v) is 3.68. The smallest absolute Gasteiger partial charge is 0.227 e. The molecule has 1 fully saturated rings. The first-order valence-electron chi connectivity index (χ1n) is 8.69. The first-order valence-corrected chi connectivity index (χ1v) is 8.69. The Morgan fingerprint density at radius 1 is 1.31 bits per heavy atom. The molecule has 0 saturated carbocycles. The average molecular weight is 358 g/mol. The standard InChI is InChI=1S/C18H22N4O4/c1-24-16-4-3-12(7-17(16)25-2)8-18(23)21-6-5-15-14(10-21)22-13(11-26-15)9-19-20-22/h3-4,7,9,14-15H,5-6,8,10-11H2,1-2H3/t14-,15+/m0/s1. The van der Waals surface area contributed by atoms with E-state index in [-0.39, 0.29) is 18.1 Å². The maximum Gasteiger partial charge on any atom is 0.227 e. The van der Waals surface area contributed by atoms with Crippen molar-refractivity contribution in [1.29, 1.82) is 0 Å². The minimum atomic E-state index is 0.0318. The van der Waals surface area contributed by atoms with Crippen LogP contribution < -0.4 is 9.47 Å². The molecular weight excluding hydrogens is 336 g/mol. The molecule has 2 aliphatic heterocycles. The zero-order chi connectivity index (χ0) is 18.1. The zero-order valence-electron chi connectivity index (χ0n) is 14.9. The number of likely N-dealkylation sites (tertiary alicyclic amines) is 1. The first kappa shape index (κ1) is 16.8. The Morgan fingerprint density at radius 3 is 2.96 bits per heavy atom. The van der Waals surface area contributed by atoms with Gasteiger partial charge in [0.15, 0.2) is 11.5 Å². The number of carbonyl (C=O) groups excluding carboxylic acids is 1. The Kier molecular flexibility index (Phi) is 4.50. The molecule has 1 amide bonds. The van der Waals surface area contributed by atoms with Crippen molar-refractivity contribution in [3.05, 3.63) is 35.7 Å². The summed E-state index contributed by atoms with van der Waals surface area (Å²) >= 11 is 0. The second-order valence-corrected chi connectivity index (χ2v) is 6.58. The van der Waals surface area contributed by atoms with Crippen molar-refractivity contribution in [3.63, 3.8) is 0 Å². The van der Waals surface area contributed by atoms with Crippen molar-refractivity contribution >= 4 is 5.91 Å². The summed E-state index contributed by atoms with van der Waals surface area (Å²) in [6.07, 6.45) is 2.94. The normalized spacial score (nSPS) is 21.7. The highest BCUT2D eigenvalue weighted by Crippen LogP contribution is 2.31. The molecular formula is C18H22N4O4. The van der Waals surface area contributed by atoms with E-state index in [1.807, 2.05) is 27.8 Å². The maximum atomic E-state index is 12.8. The number of carbonyl (C=O) groups is 1. The fraction of sp³-hybridized carbons (Fsp3) is 0.500. The lowest BCUT2D eigenvalue weighted by Crippen LogP contribution is -2.50. The number of amides is 1. The van der Waals surface area contributed by atoms with E-state index in [0.717, 1.165) is 17.7 Å². The van der Waals surface area contributed by atoms with E-state index in [2.05, 4.69) is 10.3 Å². The highest BCUT2D eigenvalue weighted by molar-refractivity contribution is 5.79. The highest BCUT2D eigenvalue weighted by atomic mass is 16.5. The van der Waals surface area contributed by atoms with Gasteiger partial charge in [0.05, 0.1) is 51.3 Å². The van der Waals surface area contributed by atoms with Crippen molar-refractivity contribution in [2.45, 2.75) is 31.6 Å². The van der Waals surface area contributed by atoms with Crippen LogP contribution in [0, 0.1) is 0 Å². The largest absolute Gasteiger partial charge is 0.493 e. The molecule has 0 bridgehead atoms. The van der Waals surface area contributed by atoms with Crippen LogP contribution in [-0.4, -0.2) is 59.2 Å². The van der Waals surface area contributed by atoms with E-state index in [9.17, 15) is 4.79 Å². The quantitative estimate of drug-likeness (QED) is 0.817. The van der Waals surface area contributed by atoms with Gasteiger partial charge in [-0.15, -0.1) is 5.10 Å². The second kappa shape index (κ2) is 6.95. The van der Waals surface area contributed by atoms with E-state index in [4.69, 9.17) is 14.2 Å². The Morgan fingerprint density at radius 2 is 2.15 bits per heavy atom. The average Bonchev–Trinajstić information content (AvgIpc) is 3.16. The molecule has 4 rings (SSSR count). The Bertz CT molecular complexity index is 806. The van der Waals surface area contributed by atoms with Crippen LogP contribution in [0.2, 0.25) is 0 Å². The number of fused-ring (bicyclic) bond motifs is 3. The summed E-state index contributed by atoms with van der Waals surface area (Å²) in [6, 6.07) is 5.60. The molecule has 1 aromatic heterocycles.